The maximum atomic E-state index is 9.66. The molecule has 1 aliphatic rings. The van der Waals surface area contributed by atoms with Gasteiger partial charge in [0.2, 0.25) is 0 Å². The van der Waals surface area contributed by atoms with E-state index in [0.717, 1.165) is 18.1 Å². The Morgan fingerprint density at radius 3 is 2.78 bits per heavy atom. The second-order valence-electron chi connectivity index (χ2n) is 4.66. The summed E-state index contributed by atoms with van der Waals surface area (Å²) in [6.07, 6.45) is 1.95. The molecule has 1 aromatic rings. The van der Waals surface area contributed by atoms with E-state index < -0.39 is 6.10 Å². The molecule has 0 aromatic heterocycles. The van der Waals surface area contributed by atoms with Crippen LogP contribution in [0.5, 0.6) is 11.5 Å². The molecule has 4 nitrogen and oxygen atoms in total. The van der Waals surface area contributed by atoms with Crippen molar-refractivity contribution in [2.75, 3.05) is 20.5 Å². The van der Waals surface area contributed by atoms with E-state index in [9.17, 15) is 5.11 Å². The number of aliphatic hydroxyl groups is 1. The van der Waals surface area contributed by atoms with Crippen LogP contribution in [-0.4, -0.2) is 25.6 Å². The quantitative estimate of drug-likeness (QED) is 0.598. The minimum Gasteiger partial charge on any atom is -0.497 e. The van der Waals surface area contributed by atoms with Crippen LogP contribution in [0.4, 0.5) is 0 Å². The molecule has 0 saturated heterocycles. The van der Waals surface area contributed by atoms with Crippen molar-refractivity contribution in [3.05, 3.63) is 23.8 Å². The average Bonchev–Trinajstić information content (AvgIpc) is 3.18. The van der Waals surface area contributed by atoms with E-state index in [1.54, 1.807) is 32.2 Å². The van der Waals surface area contributed by atoms with Crippen molar-refractivity contribution in [1.82, 2.24) is 0 Å². The van der Waals surface area contributed by atoms with Gasteiger partial charge in [-0.25, -0.2) is 0 Å². The second-order valence-corrected chi connectivity index (χ2v) is 4.66. The first-order valence-corrected chi connectivity index (χ1v) is 6.27. The van der Waals surface area contributed by atoms with Crippen molar-refractivity contribution in [1.29, 1.82) is 0 Å². The van der Waals surface area contributed by atoms with Gasteiger partial charge in [-0.2, -0.15) is 0 Å². The second kappa shape index (κ2) is 6.07. The smallest absolute Gasteiger partial charge is 0.189 e. The molecule has 0 amide bonds. The van der Waals surface area contributed by atoms with Crippen molar-refractivity contribution >= 4 is 0 Å². The first kappa shape index (κ1) is 13.2. The summed E-state index contributed by atoms with van der Waals surface area (Å²) < 4.78 is 16.1. The van der Waals surface area contributed by atoms with E-state index >= 15 is 0 Å². The maximum absolute atomic E-state index is 9.66. The lowest BCUT2D eigenvalue weighted by atomic mass is 10.1. The molecule has 1 aliphatic carbocycles. The van der Waals surface area contributed by atoms with Crippen LogP contribution in [0.3, 0.4) is 0 Å². The Labute approximate surface area is 107 Å². The highest BCUT2D eigenvalue weighted by Crippen LogP contribution is 2.30. The fourth-order valence-electron chi connectivity index (χ4n) is 1.72. The summed E-state index contributed by atoms with van der Waals surface area (Å²) in [7, 11) is 1.60. The largest absolute Gasteiger partial charge is 0.497 e. The van der Waals surface area contributed by atoms with Gasteiger partial charge in [-0.1, -0.05) is 0 Å². The van der Waals surface area contributed by atoms with E-state index in [1.165, 1.54) is 12.8 Å². The average molecular weight is 252 g/mol. The van der Waals surface area contributed by atoms with Crippen LogP contribution in [0.25, 0.3) is 0 Å². The Hall–Kier alpha value is -1.26. The fraction of sp³-hybridized carbons (Fsp3) is 0.571. The molecule has 1 fully saturated rings. The van der Waals surface area contributed by atoms with Crippen molar-refractivity contribution < 1.29 is 19.3 Å². The van der Waals surface area contributed by atoms with Crippen LogP contribution in [0, 0.1) is 5.92 Å². The van der Waals surface area contributed by atoms with Crippen molar-refractivity contribution in [3.8, 4) is 11.5 Å². The summed E-state index contributed by atoms with van der Waals surface area (Å²) in [6, 6.07) is 5.38. The highest BCUT2D eigenvalue weighted by molar-refractivity contribution is 5.41. The molecule has 100 valence electrons. The molecule has 0 bridgehead atoms. The molecular formula is C14H20O4. The van der Waals surface area contributed by atoms with Gasteiger partial charge in [-0.3, -0.25) is 0 Å². The molecule has 0 heterocycles. The fourth-order valence-corrected chi connectivity index (χ4v) is 1.72. The third-order valence-corrected chi connectivity index (χ3v) is 3.02. The first-order chi connectivity index (χ1) is 8.70. The van der Waals surface area contributed by atoms with Gasteiger partial charge >= 0.3 is 0 Å². The Morgan fingerprint density at radius 2 is 2.17 bits per heavy atom. The molecule has 0 unspecified atom stereocenters. The SMILES string of the molecule is COc1ccc([C@@H](C)O)c(OCOCC2CC2)c1. The Bertz CT molecular complexity index is 385. The summed E-state index contributed by atoms with van der Waals surface area (Å²) in [5.74, 6) is 2.03. The van der Waals surface area contributed by atoms with Gasteiger partial charge in [0.25, 0.3) is 0 Å². The van der Waals surface area contributed by atoms with Crippen LogP contribution in [0.2, 0.25) is 0 Å². The number of benzene rings is 1. The molecule has 0 aliphatic heterocycles. The third-order valence-electron chi connectivity index (χ3n) is 3.02. The van der Waals surface area contributed by atoms with Gasteiger partial charge in [-0.15, -0.1) is 0 Å². The molecule has 4 heteroatoms. The van der Waals surface area contributed by atoms with Crippen LogP contribution < -0.4 is 9.47 Å². The summed E-state index contributed by atoms with van der Waals surface area (Å²) in [5.41, 5.74) is 0.742. The normalized spacial score (nSPS) is 16.4. The zero-order chi connectivity index (χ0) is 13.0. The molecule has 1 atom stereocenters. The topological polar surface area (TPSA) is 47.9 Å². The van der Waals surface area contributed by atoms with Crippen LogP contribution in [0.15, 0.2) is 18.2 Å². The maximum Gasteiger partial charge on any atom is 0.189 e. The standard InChI is InChI=1S/C14H20O4/c1-10(15)13-6-5-12(16-2)7-14(13)18-9-17-8-11-3-4-11/h5-7,10-11,15H,3-4,8-9H2,1-2H3/t10-/m1/s1. The predicted molar refractivity (Wildman–Crippen MR) is 67.8 cm³/mol. The van der Waals surface area contributed by atoms with E-state index in [2.05, 4.69) is 0 Å². The molecule has 0 spiro atoms. The van der Waals surface area contributed by atoms with Crippen LogP contribution in [-0.2, 0) is 4.74 Å². The Morgan fingerprint density at radius 1 is 1.39 bits per heavy atom. The van der Waals surface area contributed by atoms with Gasteiger partial charge in [0, 0.05) is 11.6 Å². The lowest BCUT2D eigenvalue weighted by Crippen LogP contribution is -2.07. The third kappa shape index (κ3) is 3.62. The molecule has 2 rings (SSSR count). The minimum absolute atomic E-state index is 0.212. The van der Waals surface area contributed by atoms with Crippen molar-refractivity contribution in [2.24, 2.45) is 5.92 Å². The molecule has 1 aromatic carbocycles. The number of methoxy groups -OCH3 is 1. The molecule has 0 radical (unpaired) electrons. The monoisotopic (exact) mass is 252 g/mol. The number of ether oxygens (including phenoxy) is 3. The van der Waals surface area contributed by atoms with Crippen LogP contribution >= 0.6 is 0 Å². The van der Waals surface area contributed by atoms with Gasteiger partial charge < -0.3 is 19.3 Å². The van der Waals surface area contributed by atoms with Crippen molar-refractivity contribution in [3.63, 3.8) is 0 Å². The molecule has 1 saturated carbocycles. The van der Waals surface area contributed by atoms with Crippen LogP contribution in [0.1, 0.15) is 31.4 Å². The van der Waals surface area contributed by atoms with E-state index in [4.69, 9.17) is 14.2 Å². The lowest BCUT2D eigenvalue weighted by Gasteiger charge is -2.14. The highest BCUT2D eigenvalue weighted by Gasteiger charge is 2.21. The summed E-state index contributed by atoms with van der Waals surface area (Å²) in [5, 5.41) is 9.66. The molecule has 18 heavy (non-hydrogen) atoms. The zero-order valence-electron chi connectivity index (χ0n) is 10.9. The Balaban J connectivity index is 1.93. The zero-order valence-corrected chi connectivity index (χ0v) is 10.9. The predicted octanol–water partition coefficient (Wildman–Crippen LogP) is 2.51. The number of hydrogen-bond donors (Lipinski definition) is 1. The molecule has 1 N–H and O–H groups in total. The molecular weight excluding hydrogens is 232 g/mol. The Kier molecular flexibility index (Phi) is 4.44. The van der Waals surface area contributed by atoms with Crippen molar-refractivity contribution in [2.45, 2.75) is 25.9 Å². The number of rotatable bonds is 7. The summed E-state index contributed by atoms with van der Waals surface area (Å²) >= 11 is 0. The minimum atomic E-state index is -0.575. The van der Waals surface area contributed by atoms with E-state index in [1.807, 2.05) is 0 Å². The summed E-state index contributed by atoms with van der Waals surface area (Å²) in [6.45, 7) is 2.68. The van der Waals surface area contributed by atoms with Gasteiger partial charge in [0.15, 0.2) is 6.79 Å². The number of aliphatic hydroxyl groups excluding tert-OH is 1. The van der Waals surface area contributed by atoms with Gasteiger partial charge in [0.1, 0.15) is 11.5 Å². The van der Waals surface area contributed by atoms with Gasteiger partial charge in [-0.05, 0) is 37.8 Å². The van der Waals surface area contributed by atoms with E-state index in [-0.39, 0.29) is 6.79 Å². The summed E-state index contributed by atoms with van der Waals surface area (Å²) in [4.78, 5) is 0. The van der Waals surface area contributed by atoms with Gasteiger partial charge in [0.05, 0.1) is 19.8 Å². The van der Waals surface area contributed by atoms with E-state index in [0.29, 0.717) is 11.5 Å². The number of hydrogen-bond acceptors (Lipinski definition) is 4. The highest BCUT2D eigenvalue weighted by atomic mass is 16.7. The first-order valence-electron chi connectivity index (χ1n) is 6.27. The lowest BCUT2D eigenvalue weighted by molar-refractivity contribution is 0.00821.